The summed E-state index contributed by atoms with van der Waals surface area (Å²) in [5.41, 5.74) is 5.05. The van der Waals surface area contributed by atoms with E-state index in [1.54, 1.807) is 0 Å². The van der Waals surface area contributed by atoms with Gasteiger partial charge in [-0.05, 0) is 44.5 Å². The standard InChI is InChI=1S/C13H22N2O/c1-4-5-10-14-12-6-8-13(9-7-12)15-16-11(2)3/h6-9,11,14-15H,4-5,10H2,1-3H3. The van der Waals surface area contributed by atoms with Crippen LogP contribution in [0.4, 0.5) is 11.4 Å². The van der Waals surface area contributed by atoms with Gasteiger partial charge in [0.25, 0.3) is 0 Å². The smallest absolute Gasteiger partial charge is 0.0797 e. The Balaban J connectivity index is 2.35. The second-order valence-corrected chi connectivity index (χ2v) is 4.13. The van der Waals surface area contributed by atoms with Crippen LogP contribution >= 0.6 is 0 Å². The van der Waals surface area contributed by atoms with Crippen LogP contribution in [0, 0.1) is 0 Å². The van der Waals surface area contributed by atoms with Crippen molar-refractivity contribution in [2.75, 3.05) is 17.3 Å². The largest absolute Gasteiger partial charge is 0.385 e. The molecule has 0 bridgehead atoms. The van der Waals surface area contributed by atoms with Crippen molar-refractivity contribution < 1.29 is 4.84 Å². The molecule has 0 spiro atoms. The molecule has 0 atom stereocenters. The summed E-state index contributed by atoms with van der Waals surface area (Å²) >= 11 is 0. The highest BCUT2D eigenvalue weighted by Crippen LogP contribution is 2.13. The summed E-state index contributed by atoms with van der Waals surface area (Å²) in [6.07, 6.45) is 2.60. The van der Waals surface area contributed by atoms with Crippen LogP contribution in [0.1, 0.15) is 33.6 Å². The third kappa shape index (κ3) is 5.03. The van der Waals surface area contributed by atoms with Crippen LogP contribution < -0.4 is 10.8 Å². The first-order valence-electron chi connectivity index (χ1n) is 5.98. The molecule has 0 aliphatic heterocycles. The van der Waals surface area contributed by atoms with Crippen molar-refractivity contribution in [1.29, 1.82) is 0 Å². The number of hydrogen-bond acceptors (Lipinski definition) is 3. The number of rotatable bonds is 7. The van der Waals surface area contributed by atoms with E-state index < -0.39 is 0 Å². The number of hydrogen-bond donors (Lipinski definition) is 2. The molecular formula is C13H22N2O. The monoisotopic (exact) mass is 222 g/mol. The van der Waals surface area contributed by atoms with Crippen molar-refractivity contribution in [3.63, 3.8) is 0 Å². The molecule has 1 aromatic carbocycles. The highest BCUT2D eigenvalue weighted by atomic mass is 16.7. The first-order valence-corrected chi connectivity index (χ1v) is 5.98. The van der Waals surface area contributed by atoms with Crippen LogP contribution in [0.3, 0.4) is 0 Å². The van der Waals surface area contributed by atoms with Crippen molar-refractivity contribution in [2.45, 2.75) is 39.7 Å². The molecule has 0 aliphatic carbocycles. The molecule has 0 saturated heterocycles. The zero-order valence-corrected chi connectivity index (χ0v) is 10.4. The maximum atomic E-state index is 5.30. The fourth-order valence-corrected chi connectivity index (χ4v) is 1.25. The summed E-state index contributed by atoms with van der Waals surface area (Å²) < 4.78 is 0. The molecule has 0 saturated carbocycles. The highest BCUT2D eigenvalue weighted by Gasteiger charge is 1.95. The lowest BCUT2D eigenvalue weighted by Gasteiger charge is -2.10. The van der Waals surface area contributed by atoms with Crippen molar-refractivity contribution in [3.8, 4) is 0 Å². The van der Waals surface area contributed by atoms with Crippen LogP contribution in [0.25, 0.3) is 0 Å². The van der Waals surface area contributed by atoms with Crippen molar-refractivity contribution >= 4 is 11.4 Å². The van der Waals surface area contributed by atoms with Crippen LogP contribution in [0.2, 0.25) is 0 Å². The topological polar surface area (TPSA) is 33.3 Å². The maximum Gasteiger partial charge on any atom is 0.0797 e. The average molecular weight is 222 g/mol. The van der Waals surface area contributed by atoms with E-state index in [4.69, 9.17) is 4.84 Å². The first kappa shape index (κ1) is 12.8. The Labute approximate surface area is 98.2 Å². The van der Waals surface area contributed by atoms with Gasteiger partial charge in [-0.25, -0.2) is 0 Å². The lowest BCUT2D eigenvalue weighted by molar-refractivity contribution is 0.130. The van der Waals surface area contributed by atoms with Crippen LogP contribution in [-0.2, 0) is 4.84 Å². The summed E-state index contributed by atoms with van der Waals surface area (Å²) in [5, 5.41) is 3.37. The second kappa shape index (κ2) is 7.12. The quantitative estimate of drug-likeness (QED) is 0.545. The lowest BCUT2D eigenvalue weighted by Crippen LogP contribution is -2.09. The van der Waals surface area contributed by atoms with Gasteiger partial charge in [0.05, 0.1) is 11.8 Å². The molecule has 0 aromatic heterocycles. The van der Waals surface area contributed by atoms with Gasteiger partial charge in [-0.3, -0.25) is 10.3 Å². The fraction of sp³-hybridized carbons (Fsp3) is 0.538. The molecule has 1 rings (SSSR count). The van der Waals surface area contributed by atoms with Gasteiger partial charge in [0.2, 0.25) is 0 Å². The number of benzene rings is 1. The SMILES string of the molecule is CCCCNc1ccc(NOC(C)C)cc1. The third-order valence-electron chi connectivity index (χ3n) is 2.16. The molecule has 3 heteroatoms. The van der Waals surface area contributed by atoms with E-state index in [-0.39, 0.29) is 6.10 Å². The molecule has 0 fully saturated rings. The summed E-state index contributed by atoms with van der Waals surface area (Å²) in [4.78, 5) is 5.30. The van der Waals surface area contributed by atoms with Crippen molar-refractivity contribution in [1.82, 2.24) is 0 Å². The Morgan fingerprint density at radius 1 is 1.12 bits per heavy atom. The van der Waals surface area contributed by atoms with Crippen molar-refractivity contribution in [2.24, 2.45) is 0 Å². The van der Waals surface area contributed by atoms with Crippen LogP contribution in [0.5, 0.6) is 0 Å². The molecule has 90 valence electrons. The van der Waals surface area contributed by atoms with Gasteiger partial charge < -0.3 is 5.32 Å². The van der Waals surface area contributed by atoms with E-state index >= 15 is 0 Å². The Hall–Kier alpha value is -1.22. The average Bonchev–Trinajstić information content (AvgIpc) is 2.28. The molecular weight excluding hydrogens is 200 g/mol. The molecule has 0 heterocycles. The summed E-state index contributed by atoms with van der Waals surface area (Å²) in [6, 6.07) is 8.14. The van der Waals surface area contributed by atoms with E-state index in [0.29, 0.717) is 0 Å². The molecule has 16 heavy (non-hydrogen) atoms. The van der Waals surface area contributed by atoms with Gasteiger partial charge >= 0.3 is 0 Å². The summed E-state index contributed by atoms with van der Waals surface area (Å²) in [6.45, 7) is 7.21. The van der Waals surface area contributed by atoms with Gasteiger partial charge in [-0.1, -0.05) is 13.3 Å². The van der Waals surface area contributed by atoms with Crippen molar-refractivity contribution in [3.05, 3.63) is 24.3 Å². The predicted octanol–water partition coefficient (Wildman–Crippen LogP) is 3.65. The minimum absolute atomic E-state index is 0.183. The highest BCUT2D eigenvalue weighted by molar-refractivity contribution is 5.52. The number of unbranched alkanes of at least 4 members (excludes halogenated alkanes) is 1. The lowest BCUT2D eigenvalue weighted by atomic mass is 10.2. The minimum Gasteiger partial charge on any atom is -0.385 e. The Morgan fingerprint density at radius 2 is 1.75 bits per heavy atom. The second-order valence-electron chi connectivity index (χ2n) is 4.13. The predicted molar refractivity (Wildman–Crippen MR) is 69.7 cm³/mol. The third-order valence-corrected chi connectivity index (χ3v) is 2.16. The molecule has 0 unspecified atom stereocenters. The summed E-state index contributed by atoms with van der Waals surface area (Å²) in [5.74, 6) is 0. The van der Waals surface area contributed by atoms with Gasteiger partial charge in [-0.2, -0.15) is 0 Å². The molecule has 3 nitrogen and oxygen atoms in total. The minimum atomic E-state index is 0.183. The molecule has 0 aliphatic rings. The summed E-state index contributed by atoms with van der Waals surface area (Å²) in [7, 11) is 0. The van der Waals surface area contributed by atoms with Gasteiger partial charge in [0, 0.05) is 12.2 Å². The fourth-order valence-electron chi connectivity index (χ4n) is 1.25. The molecule has 0 amide bonds. The van der Waals surface area contributed by atoms with Crippen LogP contribution in [-0.4, -0.2) is 12.6 Å². The Bertz CT molecular complexity index is 282. The number of anilines is 2. The molecule has 1 aromatic rings. The van der Waals surface area contributed by atoms with E-state index in [1.165, 1.54) is 12.8 Å². The van der Waals surface area contributed by atoms with Gasteiger partial charge in [0.1, 0.15) is 0 Å². The Kier molecular flexibility index (Phi) is 5.72. The zero-order valence-electron chi connectivity index (χ0n) is 10.4. The first-order chi connectivity index (χ1) is 7.72. The van der Waals surface area contributed by atoms with E-state index in [0.717, 1.165) is 17.9 Å². The normalized spacial score (nSPS) is 10.5. The Morgan fingerprint density at radius 3 is 2.31 bits per heavy atom. The van der Waals surface area contributed by atoms with E-state index in [2.05, 4.69) is 29.9 Å². The van der Waals surface area contributed by atoms with Crippen LogP contribution in [0.15, 0.2) is 24.3 Å². The number of nitrogens with one attached hydrogen (secondary N) is 2. The molecule has 2 N–H and O–H groups in total. The van der Waals surface area contributed by atoms with Gasteiger partial charge in [-0.15, -0.1) is 0 Å². The molecule has 0 radical (unpaired) electrons. The van der Waals surface area contributed by atoms with E-state index in [9.17, 15) is 0 Å². The zero-order chi connectivity index (χ0) is 11.8. The van der Waals surface area contributed by atoms with E-state index in [1.807, 2.05) is 26.0 Å². The maximum absolute atomic E-state index is 5.30. The van der Waals surface area contributed by atoms with Gasteiger partial charge in [0.15, 0.2) is 0 Å².